The molecule has 5 nitrogen and oxygen atoms in total. The van der Waals surface area contributed by atoms with E-state index in [0.29, 0.717) is 17.8 Å². The lowest BCUT2D eigenvalue weighted by Gasteiger charge is -2.03. The Labute approximate surface area is 114 Å². The van der Waals surface area contributed by atoms with Gasteiger partial charge in [0.25, 0.3) is 0 Å². The number of benzene rings is 1. The van der Waals surface area contributed by atoms with Gasteiger partial charge in [-0.25, -0.2) is 18.7 Å². The number of nitrogens with zero attached hydrogens (tertiary/aromatic N) is 3. The van der Waals surface area contributed by atoms with Crippen LogP contribution in [0.4, 0.5) is 14.5 Å². The molecule has 0 atom stereocenters. The highest BCUT2D eigenvalue weighted by molar-refractivity contribution is 7.99. The Kier molecular flexibility index (Phi) is 3.91. The van der Waals surface area contributed by atoms with Crippen LogP contribution >= 0.6 is 23.4 Å². The van der Waals surface area contributed by atoms with Crippen molar-refractivity contribution in [2.24, 2.45) is 0 Å². The molecule has 9 heteroatoms. The number of hydrogen-bond donors (Lipinski definition) is 0. The van der Waals surface area contributed by atoms with Crippen molar-refractivity contribution in [3.8, 4) is 0 Å². The summed E-state index contributed by atoms with van der Waals surface area (Å²) in [6.07, 6.45) is 0.930. The van der Waals surface area contributed by atoms with Crippen molar-refractivity contribution >= 4 is 29.1 Å². The molecule has 0 saturated carbocycles. The molecule has 1 aromatic carbocycles. The summed E-state index contributed by atoms with van der Waals surface area (Å²) >= 11 is 6.21. The minimum atomic E-state index is -0.839. The summed E-state index contributed by atoms with van der Waals surface area (Å²) in [4.78, 5) is 17.2. The first-order valence-electron chi connectivity index (χ1n) is 4.77. The molecular formula is C10H4ClF2N3O2S. The van der Waals surface area contributed by atoms with Gasteiger partial charge in [0, 0.05) is 11.0 Å². The molecule has 19 heavy (non-hydrogen) atoms. The third-order valence-electron chi connectivity index (χ3n) is 2.00. The van der Waals surface area contributed by atoms with Gasteiger partial charge in [0.2, 0.25) is 5.28 Å². The topological polar surface area (TPSA) is 68.9 Å². The molecule has 2 rings (SSSR count). The fourth-order valence-electron chi connectivity index (χ4n) is 1.20. The lowest BCUT2D eigenvalue weighted by atomic mass is 10.3. The average Bonchev–Trinajstić information content (AvgIpc) is 2.32. The lowest BCUT2D eigenvalue weighted by Crippen LogP contribution is -1.96. The van der Waals surface area contributed by atoms with Crippen LogP contribution < -0.4 is 0 Å². The Morgan fingerprint density at radius 3 is 2.74 bits per heavy atom. The van der Waals surface area contributed by atoms with E-state index in [1.807, 2.05) is 0 Å². The van der Waals surface area contributed by atoms with E-state index in [2.05, 4.69) is 9.97 Å². The molecule has 2 aromatic rings. The zero-order chi connectivity index (χ0) is 14.0. The second-order valence-electron chi connectivity index (χ2n) is 3.26. The third-order valence-corrected chi connectivity index (χ3v) is 3.23. The maximum Gasteiger partial charge on any atom is 0.319 e. The van der Waals surface area contributed by atoms with E-state index in [1.165, 1.54) is 0 Å². The van der Waals surface area contributed by atoms with Gasteiger partial charge in [-0.05, 0) is 23.7 Å². The summed E-state index contributed by atoms with van der Waals surface area (Å²) in [5.74, 6) is -1.58. The van der Waals surface area contributed by atoms with Crippen LogP contribution in [0.1, 0.15) is 0 Å². The van der Waals surface area contributed by atoms with Crippen LogP contribution in [-0.4, -0.2) is 14.9 Å². The normalized spacial score (nSPS) is 10.5. The summed E-state index contributed by atoms with van der Waals surface area (Å²) in [7, 11) is 0. The number of nitro groups is 1. The van der Waals surface area contributed by atoms with Crippen LogP contribution in [0.2, 0.25) is 5.28 Å². The molecule has 1 heterocycles. The smallest absolute Gasteiger partial charge is 0.258 e. The fourth-order valence-corrected chi connectivity index (χ4v) is 2.25. The lowest BCUT2D eigenvalue weighted by molar-refractivity contribution is -0.388. The molecule has 1 aromatic heterocycles. The largest absolute Gasteiger partial charge is 0.319 e. The molecule has 0 fully saturated rings. The Morgan fingerprint density at radius 1 is 1.37 bits per heavy atom. The molecule has 0 saturated heterocycles. The molecule has 0 aliphatic rings. The van der Waals surface area contributed by atoms with Gasteiger partial charge >= 0.3 is 5.69 Å². The van der Waals surface area contributed by atoms with Crippen LogP contribution in [0.25, 0.3) is 0 Å². The second-order valence-corrected chi connectivity index (χ2v) is 4.63. The van der Waals surface area contributed by atoms with Crippen LogP contribution in [0.3, 0.4) is 0 Å². The minimum absolute atomic E-state index is 0.000679. The maximum absolute atomic E-state index is 13.5. The van der Waals surface area contributed by atoms with E-state index in [9.17, 15) is 18.9 Å². The molecule has 0 radical (unpaired) electrons. The van der Waals surface area contributed by atoms with Crippen molar-refractivity contribution in [1.29, 1.82) is 0 Å². The van der Waals surface area contributed by atoms with E-state index < -0.39 is 22.2 Å². The van der Waals surface area contributed by atoms with Gasteiger partial charge in [-0.2, -0.15) is 0 Å². The predicted octanol–water partition coefficient (Wildman–Crippen LogP) is 3.47. The van der Waals surface area contributed by atoms with E-state index in [1.54, 1.807) is 0 Å². The Hall–Kier alpha value is -1.80. The number of aromatic nitrogens is 2. The van der Waals surface area contributed by atoms with Crippen molar-refractivity contribution in [3.63, 3.8) is 0 Å². The number of hydrogen-bond acceptors (Lipinski definition) is 5. The van der Waals surface area contributed by atoms with Crippen LogP contribution in [-0.2, 0) is 0 Å². The highest BCUT2D eigenvalue weighted by atomic mass is 35.5. The maximum atomic E-state index is 13.5. The first kappa shape index (κ1) is 13.6. The SMILES string of the molecule is O=[N+]([O-])c1cnc(Cl)nc1Sc1ccc(F)cc1F. The Morgan fingerprint density at radius 2 is 2.11 bits per heavy atom. The quantitative estimate of drug-likeness (QED) is 0.376. The van der Waals surface area contributed by atoms with Gasteiger partial charge in [-0.15, -0.1) is 0 Å². The summed E-state index contributed by atoms with van der Waals surface area (Å²) < 4.78 is 26.2. The van der Waals surface area contributed by atoms with E-state index in [0.717, 1.165) is 18.3 Å². The average molecular weight is 304 g/mol. The van der Waals surface area contributed by atoms with Crippen molar-refractivity contribution in [2.75, 3.05) is 0 Å². The van der Waals surface area contributed by atoms with E-state index in [4.69, 9.17) is 11.6 Å². The highest BCUT2D eigenvalue weighted by Crippen LogP contribution is 2.34. The van der Waals surface area contributed by atoms with Crippen molar-refractivity contribution in [2.45, 2.75) is 9.92 Å². The zero-order valence-corrected chi connectivity index (χ0v) is 10.6. The zero-order valence-electron chi connectivity index (χ0n) is 9.01. The van der Waals surface area contributed by atoms with Crippen LogP contribution in [0.5, 0.6) is 0 Å². The summed E-state index contributed by atoms with van der Waals surface area (Å²) in [5.41, 5.74) is -0.405. The molecule has 0 bridgehead atoms. The minimum Gasteiger partial charge on any atom is -0.258 e. The summed E-state index contributed by atoms with van der Waals surface area (Å²) in [5, 5.41) is 10.5. The fraction of sp³-hybridized carbons (Fsp3) is 0. The Balaban J connectivity index is 2.42. The van der Waals surface area contributed by atoms with Crippen LogP contribution in [0, 0.1) is 21.7 Å². The van der Waals surface area contributed by atoms with Gasteiger partial charge in [0.1, 0.15) is 17.8 Å². The van der Waals surface area contributed by atoms with E-state index >= 15 is 0 Å². The molecule has 0 spiro atoms. The molecule has 0 amide bonds. The molecular weight excluding hydrogens is 300 g/mol. The van der Waals surface area contributed by atoms with Gasteiger partial charge in [-0.1, -0.05) is 11.8 Å². The van der Waals surface area contributed by atoms with Crippen molar-refractivity contribution < 1.29 is 13.7 Å². The second kappa shape index (κ2) is 5.45. The van der Waals surface area contributed by atoms with Gasteiger partial charge in [-0.3, -0.25) is 10.1 Å². The highest BCUT2D eigenvalue weighted by Gasteiger charge is 2.19. The Bertz CT molecular complexity index is 657. The van der Waals surface area contributed by atoms with Gasteiger partial charge in [0.05, 0.1) is 4.92 Å². The monoisotopic (exact) mass is 303 g/mol. The summed E-state index contributed by atoms with van der Waals surface area (Å²) in [6.45, 7) is 0. The number of rotatable bonds is 3. The molecule has 0 N–H and O–H groups in total. The van der Waals surface area contributed by atoms with E-state index in [-0.39, 0.29) is 15.2 Å². The summed E-state index contributed by atoms with van der Waals surface area (Å²) in [6, 6.07) is 2.88. The standard InChI is InChI=1S/C10H4ClF2N3O2S/c11-10-14-4-7(16(17)18)9(15-10)19-8-2-1-5(12)3-6(8)13/h1-4H. The molecule has 0 unspecified atom stereocenters. The molecule has 0 aliphatic heterocycles. The van der Waals surface area contributed by atoms with Crippen LogP contribution in [0.15, 0.2) is 34.3 Å². The van der Waals surface area contributed by atoms with Crippen molar-refractivity contribution in [3.05, 3.63) is 51.4 Å². The van der Waals surface area contributed by atoms with Crippen molar-refractivity contribution in [1.82, 2.24) is 9.97 Å². The number of halogens is 3. The van der Waals surface area contributed by atoms with Gasteiger partial charge < -0.3 is 0 Å². The predicted molar refractivity (Wildman–Crippen MR) is 64.2 cm³/mol. The third kappa shape index (κ3) is 3.15. The molecule has 0 aliphatic carbocycles. The molecule has 98 valence electrons. The first-order valence-corrected chi connectivity index (χ1v) is 5.96. The van der Waals surface area contributed by atoms with Gasteiger partial charge in [0.15, 0.2) is 5.03 Å². The first-order chi connectivity index (χ1) is 8.97.